The van der Waals surface area contributed by atoms with Gasteiger partial charge in [0.2, 0.25) is 5.71 Å². The number of amides is 1. The number of carbonyl (C=O) groups is 1. The van der Waals surface area contributed by atoms with Crippen molar-refractivity contribution in [3.8, 4) is 0 Å². The minimum absolute atomic E-state index is 0.119. The quantitative estimate of drug-likeness (QED) is 0.510. The summed E-state index contributed by atoms with van der Waals surface area (Å²) >= 11 is 0. The van der Waals surface area contributed by atoms with Crippen molar-refractivity contribution in [2.24, 2.45) is 5.16 Å². The fourth-order valence-electron chi connectivity index (χ4n) is 0.741. The zero-order chi connectivity index (χ0) is 9.68. The van der Waals surface area contributed by atoms with Gasteiger partial charge in [-0.3, -0.25) is 10.5 Å². The predicted octanol–water partition coefficient (Wildman–Crippen LogP) is 0.830. The number of hydrogen-bond acceptors (Lipinski definition) is 4. The van der Waals surface area contributed by atoms with E-state index in [2.05, 4.69) is 9.99 Å². The van der Waals surface area contributed by atoms with E-state index in [9.17, 15) is 4.79 Å². The molecule has 0 bridgehead atoms. The maximum Gasteiger partial charge on any atom is 0.295 e. The van der Waals surface area contributed by atoms with E-state index in [0.717, 1.165) is 0 Å². The van der Waals surface area contributed by atoms with E-state index in [0.29, 0.717) is 6.61 Å². The molecule has 0 saturated carbocycles. The first-order valence-corrected chi connectivity index (χ1v) is 3.75. The van der Waals surface area contributed by atoms with Crippen molar-refractivity contribution in [1.82, 2.24) is 5.73 Å². The van der Waals surface area contributed by atoms with Crippen molar-refractivity contribution in [1.29, 1.82) is 0 Å². The summed E-state index contributed by atoms with van der Waals surface area (Å²) in [5, 5.41) is 3.47. The van der Waals surface area contributed by atoms with Crippen molar-refractivity contribution >= 4 is 11.6 Å². The smallest absolute Gasteiger partial charge is 0.295 e. The Morgan fingerprint density at radius 1 is 1.77 bits per heavy atom. The molecule has 0 unspecified atom stereocenters. The molecule has 0 spiro atoms. The molecule has 0 aliphatic heterocycles. The Balaban J connectivity index is 2.87. The van der Waals surface area contributed by atoms with Crippen molar-refractivity contribution in [3.63, 3.8) is 0 Å². The molecular formula is C8H9N2O3. The molecule has 69 valence electrons. The third kappa shape index (κ3) is 2.33. The molecule has 0 aromatic carbocycles. The van der Waals surface area contributed by atoms with Gasteiger partial charge in [0, 0.05) is 0 Å². The second kappa shape index (κ2) is 4.30. The minimum atomic E-state index is -0.927. The number of hydrogen-bond donors (Lipinski definition) is 0. The fourth-order valence-corrected chi connectivity index (χ4v) is 0.741. The molecule has 0 fully saturated rings. The van der Waals surface area contributed by atoms with Gasteiger partial charge in [-0.25, -0.2) is 0 Å². The van der Waals surface area contributed by atoms with Gasteiger partial charge in [0.15, 0.2) is 5.76 Å². The van der Waals surface area contributed by atoms with E-state index in [-0.39, 0.29) is 11.5 Å². The van der Waals surface area contributed by atoms with Gasteiger partial charge in [0.25, 0.3) is 5.91 Å². The fraction of sp³-hybridized carbons (Fsp3) is 0.250. The van der Waals surface area contributed by atoms with Crippen LogP contribution in [0.1, 0.15) is 12.7 Å². The van der Waals surface area contributed by atoms with Crippen LogP contribution in [0.5, 0.6) is 0 Å². The van der Waals surface area contributed by atoms with Gasteiger partial charge in [-0.05, 0) is 19.1 Å². The molecule has 0 aliphatic rings. The van der Waals surface area contributed by atoms with Gasteiger partial charge in [0.1, 0.15) is 6.61 Å². The molecule has 0 saturated heterocycles. The number of nitrogens with zero attached hydrogens (tertiary/aromatic N) is 1. The Kier molecular flexibility index (Phi) is 3.08. The third-order valence-corrected chi connectivity index (χ3v) is 1.25. The molecule has 1 amide bonds. The molecule has 1 heterocycles. The monoisotopic (exact) mass is 181 g/mol. The summed E-state index contributed by atoms with van der Waals surface area (Å²) in [6, 6.07) is 3.16. The van der Waals surface area contributed by atoms with Crippen LogP contribution in [0, 0.1) is 0 Å². The number of nitrogens with one attached hydrogen (secondary N) is 1. The van der Waals surface area contributed by atoms with Crippen molar-refractivity contribution in [2.75, 3.05) is 6.61 Å². The first-order chi connectivity index (χ1) is 6.25. The lowest BCUT2D eigenvalue weighted by molar-refractivity contribution is -0.112. The zero-order valence-electron chi connectivity index (χ0n) is 7.11. The van der Waals surface area contributed by atoms with Crippen LogP contribution in [0.4, 0.5) is 0 Å². The average Bonchev–Trinajstić information content (AvgIpc) is 2.57. The van der Waals surface area contributed by atoms with Gasteiger partial charge in [-0.2, -0.15) is 0 Å². The van der Waals surface area contributed by atoms with Crippen LogP contribution in [0.3, 0.4) is 0 Å². The summed E-state index contributed by atoms with van der Waals surface area (Å²) < 4.78 is 4.90. The van der Waals surface area contributed by atoms with E-state index in [1.807, 2.05) is 0 Å². The normalized spacial score (nSPS) is 11.3. The highest BCUT2D eigenvalue weighted by atomic mass is 16.6. The Morgan fingerprint density at radius 3 is 3.00 bits per heavy atom. The van der Waals surface area contributed by atoms with Gasteiger partial charge >= 0.3 is 0 Å². The number of oxime groups is 1. The van der Waals surface area contributed by atoms with E-state index < -0.39 is 5.91 Å². The number of carbonyl (C=O) groups excluding carboxylic acids is 1. The van der Waals surface area contributed by atoms with Gasteiger partial charge in [-0.1, -0.05) is 5.16 Å². The SMILES string of the molecule is CCO/N=C(\C([NH])=O)c1ccco1. The lowest BCUT2D eigenvalue weighted by Crippen LogP contribution is -2.15. The van der Waals surface area contributed by atoms with E-state index in [4.69, 9.17) is 10.2 Å². The van der Waals surface area contributed by atoms with Gasteiger partial charge < -0.3 is 9.25 Å². The minimum Gasteiger partial charge on any atom is -0.462 e. The molecule has 1 radical (unpaired) electrons. The Labute approximate surface area is 75.1 Å². The molecule has 1 rings (SSSR count). The largest absolute Gasteiger partial charge is 0.462 e. The average molecular weight is 181 g/mol. The lowest BCUT2D eigenvalue weighted by atomic mass is 10.3. The van der Waals surface area contributed by atoms with Crippen LogP contribution >= 0.6 is 0 Å². The Bertz CT molecular complexity index is 303. The van der Waals surface area contributed by atoms with Crippen LogP contribution in [0.15, 0.2) is 28.0 Å². The van der Waals surface area contributed by atoms with Gasteiger partial charge in [-0.15, -0.1) is 0 Å². The second-order valence-electron chi connectivity index (χ2n) is 2.16. The summed E-state index contributed by atoms with van der Waals surface area (Å²) in [6.45, 7) is 2.08. The van der Waals surface area contributed by atoms with Crippen LogP contribution < -0.4 is 5.73 Å². The summed E-state index contributed by atoms with van der Waals surface area (Å²) in [5.41, 5.74) is 6.76. The molecule has 5 heteroatoms. The predicted molar refractivity (Wildman–Crippen MR) is 45.0 cm³/mol. The van der Waals surface area contributed by atoms with E-state index >= 15 is 0 Å². The highest BCUT2D eigenvalue weighted by Gasteiger charge is 2.14. The van der Waals surface area contributed by atoms with Crippen LogP contribution in [-0.4, -0.2) is 18.2 Å². The standard InChI is InChI=1S/C8H9N2O3/c1-2-13-10-7(8(9)11)6-4-3-5-12-6/h3-5,9H,2H2,1H3/b10-7-. The third-order valence-electron chi connectivity index (χ3n) is 1.25. The summed E-state index contributed by atoms with van der Waals surface area (Å²) in [7, 11) is 0. The summed E-state index contributed by atoms with van der Waals surface area (Å²) in [4.78, 5) is 15.4. The number of rotatable bonds is 4. The van der Waals surface area contributed by atoms with E-state index in [1.165, 1.54) is 6.26 Å². The van der Waals surface area contributed by atoms with Crippen molar-refractivity contribution < 1.29 is 14.0 Å². The maximum absolute atomic E-state index is 10.7. The molecule has 0 atom stereocenters. The molecule has 13 heavy (non-hydrogen) atoms. The lowest BCUT2D eigenvalue weighted by Gasteiger charge is -1.96. The Hall–Kier alpha value is -1.78. The molecule has 5 nitrogen and oxygen atoms in total. The molecular weight excluding hydrogens is 172 g/mol. The van der Waals surface area contributed by atoms with E-state index in [1.54, 1.807) is 19.1 Å². The first kappa shape index (κ1) is 9.31. The van der Waals surface area contributed by atoms with Crippen LogP contribution in [0.25, 0.3) is 0 Å². The molecule has 1 aromatic rings. The van der Waals surface area contributed by atoms with Crippen molar-refractivity contribution in [2.45, 2.75) is 6.92 Å². The second-order valence-corrected chi connectivity index (χ2v) is 2.16. The van der Waals surface area contributed by atoms with Crippen LogP contribution in [0.2, 0.25) is 0 Å². The maximum atomic E-state index is 10.7. The summed E-state index contributed by atoms with van der Waals surface area (Å²) in [6.07, 6.45) is 1.40. The topological polar surface area (TPSA) is 75.6 Å². The van der Waals surface area contributed by atoms with Gasteiger partial charge in [0.05, 0.1) is 6.26 Å². The summed E-state index contributed by atoms with van der Waals surface area (Å²) in [5.74, 6) is -0.683. The molecule has 1 N–H and O–H groups in total. The van der Waals surface area contributed by atoms with Crippen LogP contribution in [-0.2, 0) is 9.63 Å². The van der Waals surface area contributed by atoms with Crippen molar-refractivity contribution in [3.05, 3.63) is 24.2 Å². The molecule has 1 aromatic heterocycles. The Morgan fingerprint density at radius 2 is 2.54 bits per heavy atom. The molecule has 0 aliphatic carbocycles. The highest BCUT2D eigenvalue weighted by molar-refractivity contribution is 6.43. The first-order valence-electron chi connectivity index (χ1n) is 3.75. The number of furan rings is 1. The zero-order valence-corrected chi connectivity index (χ0v) is 7.11. The highest BCUT2D eigenvalue weighted by Crippen LogP contribution is 2.02.